The van der Waals surface area contributed by atoms with E-state index in [0.29, 0.717) is 13.0 Å². The fourth-order valence-electron chi connectivity index (χ4n) is 4.87. The number of likely N-dealkylation sites (tertiary alicyclic amines) is 1. The van der Waals surface area contributed by atoms with Crippen LogP contribution in [0.25, 0.3) is 11.1 Å². The zero-order chi connectivity index (χ0) is 26.8. The highest BCUT2D eigenvalue weighted by Gasteiger charge is 2.37. The van der Waals surface area contributed by atoms with Crippen LogP contribution in [0.4, 0.5) is 0 Å². The molecule has 1 saturated heterocycles. The molecule has 38 heavy (non-hydrogen) atoms. The largest absolute Gasteiger partial charge is 0.464 e. The standard InChI is InChI=1S/C29H37N5O4/c1-29(21-35,28(37)38-17-16-34-14-6-3-7-15-34)19-25(31-27(36)26-20-30-33-32-26)18-22-10-12-24(13-11-22)23-8-4-2-5-9-23/h2,4-5,8-13,20,25,35H,3,6-7,14-19,21H2,1H3,(H,31,36)(H,30,32,33)/t25-,29+/m1/s1. The van der Waals surface area contributed by atoms with Gasteiger partial charge in [0.25, 0.3) is 5.91 Å². The minimum absolute atomic E-state index is 0.157. The number of piperidine rings is 1. The van der Waals surface area contributed by atoms with Gasteiger partial charge in [0, 0.05) is 12.6 Å². The van der Waals surface area contributed by atoms with E-state index in [0.717, 1.165) is 29.8 Å². The van der Waals surface area contributed by atoms with Crippen molar-refractivity contribution in [2.45, 2.75) is 45.1 Å². The number of nitrogens with one attached hydrogen (secondary N) is 2. The van der Waals surface area contributed by atoms with Crippen molar-refractivity contribution < 1.29 is 19.4 Å². The number of aromatic amines is 1. The number of aliphatic hydroxyl groups excluding tert-OH is 1. The van der Waals surface area contributed by atoms with Crippen molar-refractivity contribution in [1.82, 2.24) is 25.6 Å². The number of ether oxygens (including phenoxy) is 1. The number of nitrogens with zero attached hydrogens (tertiary/aromatic N) is 3. The zero-order valence-corrected chi connectivity index (χ0v) is 21.9. The van der Waals surface area contributed by atoms with Gasteiger partial charge in [0.1, 0.15) is 6.61 Å². The molecule has 3 N–H and O–H groups in total. The smallest absolute Gasteiger partial charge is 0.314 e. The quantitative estimate of drug-likeness (QED) is 0.314. The molecule has 0 unspecified atom stereocenters. The lowest BCUT2D eigenvalue weighted by Gasteiger charge is -2.31. The third-order valence-electron chi connectivity index (χ3n) is 7.15. The molecule has 1 aliphatic heterocycles. The lowest BCUT2D eigenvalue weighted by Crippen LogP contribution is -2.45. The van der Waals surface area contributed by atoms with Crippen LogP contribution < -0.4 is 5.32 Å². The summed E-state index contributed by atoms with van der Waals surface area (Å²) in [6.45, 7) is 4.31. The normalized spacial score (nSPS) is 16.4. The Morgan fingerprint density at radius 3 is 2.45 bits per heavy atom. The van der Waals surface area contributed by atoms with Crippen LogP contribution in [0.3, 0.4) is 0 Å². The summed E-state index contributed by atoms with van der Waals surface area (Å²) in [7, 11) is 0. The van der Waals surface area contributed by atoms with E-state index in [2.05, 4.69) is 37.8 Å². The molecular weight excluding hydrogens is 482 g/mol. The van der Waals surface area contributed by atoms with E-state index in [1.807, 2.05) is 42.5 Å². The van der Waals surface area contributed by atoms with E-state index < -0.39 is 29.9 Å². The van der Waals surface area contributed by atoms with E-state index in [-0.39, 0.29) is 18.7 Å². The molecule has 0 saturated carbocycles. The Bertz CT molecular complexity index is 1150. The van der Waals surface area contributed by atoms with Crippen LogP contribution in [0.15, 0.2) is 60.8 Å². The summed E-state index contributed by atoms with van der Waals surface area (Å²) in [5, 5.41) is 23.2. The van der Waals surface area contributed by atoms with Crippen LogP contribution >= 0.6 is 0 Å². The number of hydrogen-bond donors (Lipinski definition) is 3. The van der Waals surface area contributed by atoms with E-state index in [9.17, 15) is 14.7 Å². The number of aromatic nitrogens is 3. The van der Waals surface area contributed by atoms with Crippen molar-refractivity contribution >= 4 is 11.9 Å². The van der Waals surface area contributed by atoms with Gasteiger partial charge in [-0.05, 0) is 62.4 Å². The van der Waals surface area contributed by atoms with Gasteiger partial charge in [-0.1, -0.05) is 61.0 Å². The SMILES string of the molecule is C[C@@](CO)(C[C@@H](Cc1ccc(-c2ccccc2)cc1)NC(=O)c1cn[nH]n1)C(=O)OCCN1CCCCC1. The molecule has 2 atom stereocenters. The molecule has 0 spiro atoms. The summed E-state index contributed by atoms with van der Waals surface area (Å²) in [5.41, 5.74) is 2.19. The van der Waals surface area contributed by atoms with E-state index in [1.54, 1.807) is 6.92 Å². The van der Waals surface area contributed by atoms with Crippen LogP contribution in [-0.4, -0.2) is 76.2 Å². The average molecular weight is 520 g/mol. The maximum absolute atomic E-state index is 13.1. The van der Waals surface area contributed by atoms with Gasteiger partial charge in [0.05, 0.1) is 18.2 Å². The molecule has 9 heteroatoms. The predicted octanol–water partition coefficient (Wildman–Crippen LogP) is 3.23. The Balaban J connectivity index is 1.43. The number of carbonyl (C=O) groups is 2. The number of esters is 1. The van der Waals surface area contributed by atoms with Gasteiger partial charge in [-0.2, -0.15) is 15.4 Å². The Morgan fingerprint density at radius 1 is 1.08 bits per heavy atom. The van der Waals surface area contributed by atoms with Gasteiger partial charge in [-0.3, -0.25) is 14.5 Å². The lowest BCUT2D eigenvalue weighted by molar-refractivity contribution is -0.158. The van der Waals surface area contributed by atoms with Crippen molar-refractivity contribution in [3.8, 4) is 11.1 Å². The number of carbonyl (C=O) groups excluding carboxylic acids is 2. The Kier molecular flexibility index (Phi) is 9.62. The van der Waals surface area contributed by atoms with E-state index in [1.165, 1.54) is 25.5 Å². The number of hydrogen-bond acceptors (Lipinski definition) is 7. The number of rotatable bonds is 12. The van der Waals surface area contributed by atoms with Crippen LogP contribution in [0.5, 0.6) is 0 Å². The molecule has 9 nitrogen and oxygen atoms in total. The van der Waals surface area contributed by atoms with E-state index >= 15 is 0 Å². The third-order valence-corrected chi connectivity index (χ3v) is 7.15. The fraction of sp³-hybridized carbons (Fsp3) is 0.448. The molecule has 1 fully saturated rings. The summed E-state index contributed by atoms with van der Waals surface area (Å²) in [6.07, 6.45) is 5.60. The topological polar surface area (TPSA) is 120 Å². The minimum Gasteiger partial charge on any atom is -0.464 e. The molecule has 1 aromatic heterocycles. The molecule has 0 radical (unpaired) electrons. The molecule has 4 rings (SSSR count). The molecule has 0 aliphatic carbocycles. The first-order chi connectivity index (χ1) is 18.5. The fourth-order valence-corrected chi connectivity index (χ4v) is 4.87. The highest BCUT2D eigenvalue weighted by molar-refractivity contribution is 5.92. The van der Waals surface area contributed by atoms with Crippen molar-refractivity contribution in [3.63, 3.8) is 0 Å². The molecular formula is C29H37N5O4. The first kappa shape index (κ1) is 27.5. The summed E-state index contributed by atoms with van der Waals surface area (Å²) >= 11 is 0. The number of H-pyrrole nitrogens is 1. The van der Waals surface area contributed by atoms with Crippen molar-refractivity contribution in [3.05, 3.63) is 72.1 Å². The first-order valence-corrected chi connectivity index (χ1v) is 13.3. The molecule has 3 aromatic rings. The Morgan fingerprint density at radius 2 is 1.79 bits per heavy atom. The third kappa shape index (κ3) is 7.49. The summed E-state index contributed by atoms with van der Waals surface area (Å²) < 4.78 is 5.61. The van der Waals surface area contributed by atoms with Crippen molar-refractivity contribution in [1.29, 1.82) is 0 Å². The summed E-state index contributed by atoms with van der Waals surface area (Å²) in [6, 6.07) is 17.8. The lowest BCUT2D eigenvalue weighted by atomic mass is 9.82. The van der Waals surface area contributed by atoms with Crippen LogP contribution in [-0.2, 0) is 16.0 Å². The van der Waals surface area contributed by atoms with Gasteiger partial charge < -0.3 is 15.2 Å². The molecule has 1 amide bonds. The maximum Gasteiger partial charge on any atom is 0.314 e. The predicted molar refractivity (Wildman–Crippen MR) is 144 cm³/mol. The van der Waals surface area contributed by atoms with Crippen molar-refractivity contribution in [2.24, 2.45) is 5.41 Å². The first-order valence-electron chi connectivity index (χ1n) is 13.3. The number of aliphatic hydroxyl groups is 1. The number of benzene rings is 2. The summed E-state index contributed by atoms with van der Waals surface area (Å²) in [5.74, 6) is -0.861. The highest BCUT2D eigenvalue weighted by Crippen LogP contribution is 2.27. The van der Waals surface area contributed by atoms with Crippen LogP contribution in [0.1, 0.15) is 48.7 Å². The van der Waals surface area contributed by atoms with Crippen LogP contribution in [0.2, 0.25) is 0 Å². The zero-order valence-electron chi connectivity index (χ0n) is 21.9. The van der Waals surface area contributed by atoms with Gasteiger partial charge in [-0.15, -0.1) is 0 Å². The van der Waals surface area contributed by atoms with Crippen molar-refractivity contribution in [2.75, 3.05) is 32.8 Å². The van der Waals surface area contributed by atoms with Gasteiger partial charge in [-0.25, -0.2) is 0 Å². The molecule has 0 bridgehead atoms. The molecule has 202 valence electrons. The Hall–Kier alpha value is -3.56. The highest BCUT2D eigenvalue weighted by atomic mass is 16.5. The molecule has 1 aliphatic rings. The number of amides is 1. The van der Waals surface area contributed by atoms with E-state index in [4.69, 9.17) is 4.74 Å². The second kappa shape index (κ2) is 13.3. The minimum atomic E-state index is -1.17. The second-order valence-corrected chi connectivity index (χ2v) is 10.3. The second-order valence-electron chi connectivity index (χ2n) is 10.3. The average Bonchev–Trinajstić information content (AvgIpc) is 3.50. The maximum atomic E-state index is 13.1. The van der Waals surface area contributed by atoms with Gasteiger partial charge in [0.15, 0.2) is 5.69 Å². The van der Waals surface area contributed by atoms with Gasteiger partial charge in [0.2, 0.25) is 0 Å². The molecule has 2 aromatic carbocycles. The monoisotopic (exact) mass is 519 g/mol. The van der Waals surface area contributed by atoms with Crippen LogP contribution in [0, 0.1) is 5.41 Å². The Labute approximate surface area is 223 Å². The molecule has 2 heterocycles. The van der Waals surface area contributed by atoms with Gasteiger partial charge >= 0.3 is 5.97 Å². The summed E-state index contributed by atoms with van der Waals surface area (Å²) in [4.78, 5) is 28.2.